The smallest absolute Gasteiger partial charge is 0.329 e. The van der Waals surface area contributed by atoms with Crippen LogP contribution in [0.15, 0.2) is 76.8 Å². The second-order valence-electron chi connectivity index (χ2n) is 14.4. The number of carbonyl (C=O) groups excluding carboxylic acids is 2. The predicted molar refractivity (Wildman–Crippen MR) is 212 cm³/mol. The highest BCUT2D eigenvalue weighted by molar-refractivity contribution is 6.04. The van der Waals surface area contributed by atoms with Gasteiger partial charge in [-0.05, 0) is 60.6 Å². The molecule has 4 aliphatic heterocycles. The summed E-state index contributed by atoms with van der Waals surface area (Å²) in [7, 11) is 3.07. The van der Waals surface area contributed by atoms with Crippen LogP contribution in [0.4, 0.5) is 11.4 Å². The van der Waals surface area contributed by atoms with Gasteiger partial charge in [0.25, 0.3) is 11.8 Å². The predicted octanol–water partition coefficient (Wildman–Crippen LogP) is 5.89. The van der Waals surface area contributed by atoms with E-state index in [1.54, 1.807) is 46.5 Å². The van der Waals surface area contributed by atoms with Gasteiger partial charge in [-0.15, -0.1) is 0 Å². The fraction of sp³-hybridized carbons (Fsp3) is 0.372. The van der Waals surface area contributed by atoms with Crippen LogP contribution >= 0.6 is 0 Å². The third-order valence-electron chi connectivity index (χ3n) is 10.2. The maximum Gasteiger partial charge on any atom is 0.329 e. The highest BCUT2D eigenvalue weighted by Crippen LogP contribution is 2.40. The number of rotatable bonds is 17. The van der Waals surface area contributed by atoms with E-state index in [4.69, 9.17) is 33.5 Å². The van der Waals surface area contributed by atoms with Crippen molar-refractivity contribution in [3.05, 3.63) is 94.6 Å². The molecule has 0 radical (unpaired) electrons. The first-order chi connectivity index (χ1) is 27.6. The molecule has 2 amide bonds. The van der Waals surface area contributed by atoms with Gasteiger partial charge in [-0.2, -0.15) is 0 Å². The number of ether oxygens (including phenoxy) is 6. The van der Waals surface area contributed by atoms with Crippen molar-refractivity contribution >= 4 is 41.6 Å². The van der Waals surface area contributed by atoms with Crippen molar-refractivity contribution in [1.82, 2.24) is 9.80 Å². The molecule has 57 heavy (non-hydrogen) atoms. The summed E-state index contributed by atoms with van der Waals surface area (Å²) in [5.41, 5.74) is 6.67. The van der Waals surface area contributed by atoms with Gasteiger partial charge in [-0.3, -0.25) is 19.6 Å². The minimum Gasteiger partial charge on any atom is -0.493 e. The number of benzene rings is 3. The summed E-state index contributed by atoms with van der Waals surface area (Å²) in [6, 6.07) is 12.7. The van der Waals surface area contributed by atoms with Crippen LogP contribution in [-0.4, -0.2) is 111 Å². The number of aliphatic carboxylic acids is 1. The van der Waals surface area contributed by atoms with Crippen LogP contribution in [0.1, 0.15) is 56.7 Å². The van der Waals surface area contributed by atoms with Crippen molar-refractivity contribution in [2.24, 2.45) is 9.98 Å². The standard InChI is InChI=1S/C43H46N4O10/c1-26-10-31-19-44-35-17-39(37(52-3)15-33(35)42(50)46(31)21-26)56-23-29-12-28(6-5-7-54-8-9-55-25-41(48)49)13-30(14-29)24-57-40-18-36-34(16-38(40)53-4)43(51)47-22-27(2)11-32(47)20-45-36/h12-20,31-32H,1-2,5-11,21-25H2,3-4H3,(H,48,49)/t31-,32-/m0/s1. The summed E-state index contributed by atoms with van der Waals surface area (Å²) in [6.07, 6.45) is 6.35. The zero-order valence-electron chi connectivity index (χ0n) is 32.2. The molecule has 3 aromatic rings. The number of carboxylic acids is 1. The molecule has 7 rings (SSSR count). The number of nitrogens with zero attached hydrogens (tertiary/aromatic N) is 4. The molecule has 0 saturated carbocycles. The Labute approximate surface area is 331 Å². The van der Waals surface area contributed by atoms with Gasteiger partial charge in [0.2, 0.25) is 0 Å². The first kappa shape index (κ1) is 39.3. The lowest BCUT2D eigenvalue weighted by atomic mass is 10.0. The van der Waals surface area contributed by atoms with E-state index in [1.165, 1.54) is 14.2 Å². The molecule has 2 fully saturated rings. The normalized spacial score (nSPS) is 18.1. The van der Waals surface area contributed by atoms with E-state index in [1.807, 2.05) is 6.07 Å². The van der Waals surface area contributed by atoms with Crippen LogP contribution in [0.3, 0.4) is 0 Å². The van der Waals surface area contributed by atoms with Crippen molar-refractivity contribution in [3.63, 3.8) is 0 Å². The summed E-state index contributed by atoms with van der Waals surface area (Å²) < 4.78 is 34.8. The third-order valence-corrected chi connectivity index (χ3v) is 10.2. The number of hydrogen-bond donors (Lipinski definition) is 1. The molecule has 0 aliphatic carbocycles. The summed E-state index contributed by atoms with van der Waals surface area (Å²) in [6.45, 7) is 10.1. The second-order valence-corrected chi connectivity index (χ2v) is 14.4. The summed E-state index contributed by atoms with van der Waals surface area (Å²) in [5.74, 6) is 0.460. The Bertz CT molecular complexity index is 2010. The molecule has 1 N–H and O–H groups in total. The van der Waals surface area contributed by atoms with Gasteiger partial charge in [0.05, 0.1) is 62.0 Å². The molecule has 4 heterocycles. The lowest BCUT2D eigenvalue weighted by Gasteiger charge is -2.20. The van der Waals surface area contributed by atoms with Crippen LogP contribution in [0.2, 0.25) is 0 Å². The van der Waals surface area contributed by atoms with Gasteiger partial charge in [-0.25, -0.2) is 4.79 Å². The quantitative estimate of drug-likeness (QED) is 0.130. The number of carboxylic acid groups (broad SMARTS) is 1. The number of amides is 2. The average Bonchev–Trinajstić information content (AvgIpc) is 3.71. The number of carbonyl (C=O) groups is 3. The molecular weight excluding hydrogens is 732 g/mol. The first-order valence-corrected chi connectivity index (χ1v) is 18.8. The van der Waals surface area contributed by atoms with Crippen molar-refractivity contribution in [3.8, 4) is 23.0 Å². The Morgan fingerprint density at radius 2 is 1.19 bits per heavy atom. The zero-order chi connectivity index (χ0) is 40.1. The van der Waals surface area contributed by atoms with Gasteiger partial charge in [0.1, 0.15) is 19.8 Å². The molecule has 2 saturated heterocycles. The lowest BCUT2D eigenvalue weighted by Crippen LogP contribution is -2.35. The largest absolute Gasteiger partial charge is 0.493 e. The van der Waals surface area contributed by atoms with Crippen LogP contribution in [0, 0.1) is 0 Å². The third kappa shape index (κ3) is 9.03. The number of aliphatic imine (C=N–C) groups is 2. The van der Waals surface area contributed by atoms with Gasteiger partial charge >= 0.3 is 5.97 Å². The Morgan fingerprint density at radius 3 is 1.68 bits per heavy atom. The number of methoxy groups -OCH3 is 2. The second kappa shape index (κ2) is 17.4. The molecule has 3 aromatic carbocycles. The minimum atomic E-state index is -1.02. The Balaban J connectivity index is 1.09. The topological polar surface area (TPSA) is 158 Å². The molecule has 0 unspecified atom stereocenters. The molecule has 4 aliphatic rings. The van der Waals surface area contributed by atoms with Gasteiger partial charge < -0.3 is 43.3 Å². The van der Waals surface area contributed by atoms with Gasteiger partial charge in [0, 0.05) is 44.3 Å². The molecular formula is C43H46N4O10. The molecule has 0 spiro atoms. The van der Waals surface area contributed by atoms with E-state index in [-0.39, 0.29) is 50.3 Å². The summed E-state index contributed by atoms with van der Waals surface area (Å²) in [4.78, 5) is 50.5. The summed E-state index contributed by atoms with van der Waals surface area (Å²) >= 11 is 0. The van der Waals surface area contributed by atoms with Crippen LogP contribution in [0.25, 0.3) is 0 Å². The van der Waals surface area contributed by atoms with Crippen LogP contribution in [0.5, 0.6) is 23.0 Å². The molecule has 14 nitrogen and oxygen atoms in total. The highest BCUT2D eigenvalue weighted by Gasteiger charge is 2.35. The van der Waals surface area contributed by atoms with Crippen molar-refractivity contribution in [2.75, 3.05) is 53.7 Å². The van der Waals surface area contributed by atoms with E-state index in [0.717, 1.165) is 27.8 Å². The van der Waals surface area contributed by atoms with Crippen LogP contribution in [-0.2, 0) is 33.9 Å². The lowest BCUT2D eigenvalue weighted by molar-refractivity contribution is -0.142. The summed E-state index contributed by atoms with van der Waals surface area (Å²) in [5, 5.41) is 8.75. The fourth-order valence-electron chi connectivity index (χ4n) is 7.44. The molecule has 14 heteroatoms. The van der Waals surface area contributed by atoms with Crippen molar-refractivity contribution < 1.29 is 47.9 Å². The van der Waals surface area contributed by atoms with Crippen molar-refractivity contribution in [1.29, 1.82) is 0 Å². The van der Waals surface area contributed by atoms with E-state index < -0.39 is 5.97 Å². The fourth-order valence-corrected chi connectivity index (χ4v) is 7.44. The van der Waals surface area contributed by atoms with E-state index in [9.17, 15) is 14.4 Å². The maximum absolute atomic E-state index is 13.5. The zero-order valence-corrected chi connectivity index (χ0v) is 32.2. The highest BCUT2D eigenvalue weighted by atomic mass is 16.5. The number of fused-ring (bicyclic) bond motifs is 4. The van der Waals surface area contributed by atoms with E-state index in [2.05, 4.69) is 35.3 Å². The molecule has 0 aromatic heterocycles. The van der Waals surface area contributed by atoms with Crippen molar-refractivity contribution in [2.45, 2.75) is 51.0 Å². The average molecular weight is 779 g/mol. The SMILES string of the molecule is C=C1C[C@H]2C=Nc3cc(OCc4cc(CCCOCCOCC(=O)O)cc(COc5cc6c(cc5OC)C(=O)N5CC(=C)C[C@H]5C=N6)c4)c(OC)cc3C(=O)N2C1. The number of aryl methyl sites for hydroxylation is 1. The Morgan fingerprint density at radius 1 is 0.702 bits per heavy atom. The Hall–Kier alpha value is -5.99. The molecule has 2 atom stereocenters. The number of hydrogen-bond acceptors (Lipinski definition) is 11. The molecule has 298 valence electrons. The maximum atomic E-state index is 13.5. The van der Waals surface area contributed by atoms with E-state index >= 15 is 0 Å². The first-order valence-electron chi connectivity index (χ1n) is 18.8. The van der Waals surface area contributed by atoms with Gasteiger partial charge in [-0.1, -0.05) is 36.4 Å². The Kier molecular flexibility index (Phi) is 12.0. The molecule has 0 bridgehead atoms. The van der Waals surface area contributed by atoms with Crippen LogP contribution < -0.4 is 18.9 Å². The minimum absolute atomic E-state index is 0.124. The van der Waals surface area contributed by atoms with Gasteiger partial charge in [0.15, 0.2) is 23.0 Å². The van der Waals surface area contributed by atoms with E-state index in [0.29, 0.717) is 97.5 Å². The monoisotopic (exact) mass is 778 g/mol.